The number of furan rings is 1. The molecule has 2 aromatic heterocycles. The van der Waals surface area contributed by atoms with E-state index in [0.29, 0.717) is 21.4 Å². The number of nitrogens with zero attached hydrogens (tertiary/aromatic N) is 3. The van der Waals surface area contributed by atoms with Gasteiger partial charge in [0.05, 0.1) is 5.75 Å². The van der Waals surface area contributed by atoms with Crippen LogP contribution >= 0.6 is 27.7 Å². The molecule has 1 aromatic carbocycles. The lowest BCUT2D eigenvalue weighted by Gasteiger charge is -2.09. The Balaban J connectivity index is 1.64. The Labute approximate surface area is 158 Å². The Morgan fingerprint density at radius 3 is 2.80 bits per heavy atom. The number of aromatic nitrogens is 3. The molecule has 0 aliphatic heterocycles. The highest BCUT2D eigenvalue weighted by molar-refractivity contribution is 9.10. The molecule has 1 amide bonds. The molecule has 0 atom stereocenters. The Kier molecular flexibility index (Phi) is 5.60. The van der Waals surface area contributed by atoms with E-state index in [2.05, 4.69) is 38.4 Å². The van der Waals surface area contributed by atoms with E-state index in [-0.39, 0.29) is 11.7 Å². The Morgan fingerprint density at radius 1 is 1.28 bits per heavy atom. The minimum Gasteiger partial charge on any atom is -0.446 e. The van der Waals surface area contributed by atoms with E-state index in [4.69, 9.17) is 4.42 Å². The van der Waals surface area contributed by atoms with Crippen LogP contribution in [0.1, 0.15) is 12.5 Å². The van der Waals surface area contributed by atoms with Crippen LogP contribution in [0.4, 0.5) is 5.69 Å². The molecule has 0 bridgehead atoms. The quantitative estimate of drug-likeness (QED) is 0.606. The number of hydrogen-bond acceptors (Lipinski definition) is 5. The minimum absolute atomic E-state index is 0.0730. The molecule has 8 heteroatoms. The van der Waals surface area contributed by atoms with E-state index in [1.165, 1.54) is 11.8 Å². The number of rotatable bonds is 6. The third kappa shape index (κ3) is 4.13. The van der Waals surface area contributed by atoms with Gasteiger partial charge in [-0.1, -0.05) is 36.9 Å². The Bertz CT molecular complexity index is 890. The van der Waals surface area contributed by atoms with Gasteiger partial charge in [-0.05, 0) is 46.1 Å². The topological polar surface area (TPSA) is 73.0 Å². The fourth-order valence-corrected chi connectivity index (χ4v) is 3.37. The second-order valence-corrected chi connectivity index (χ2v) is 7.04. The number of hydrogen-bond donors (Lipinski definition) is 1. The van der Waals surface area contributed by atoms with Crippen molar-refractivity contribution in [2.24, 2.45) is 7.05 Å². The van der Waals surface area contributed by atoms with E-state index in [9.17, 15) is 4.79 Å². The van der Waals surface area contributed by atoms with E-state index in [1.807, 2.05) is 41.9 Å². The summed E-state index contributed by atoms with van der Waals surface area (Å²) in [5.41, 5.74) is 1.97. The average Bonchev–Trinajstić information content (AvgIpc) is 3.19. The monoisotopic (exact) mass is 420 g/mol. The molecule has 0 unspecified atom stereocenters. The number of para-hydroxylation sites is 1. The summed E-state index contributed by atoms with van der Waals surface area (Å²) in [5, 5.41) is 11.9. The van der Waals surface area contributed by atoms with E-state index in [1.54, 1.807) is 6.07 Å². The largest absolute Gasteiger partial charge is 0.446 e. The highest BCUT2D eigenvalue weighted by atomic mass is 79.9. The maximum Gasteiger partial charge on any atom is 0.234 e. The summed E-state index contributed by atoms with van der Waals surface area (Å²) >= 11 is 4.61. The summed E-state index contributed by atoms with van der Waals surface area (Å²) in [6.07, 6.45) is 0.870. The van der Waals surface area contributed by atoms with Crippen LogP contribution in [0, 0.1) is 0 Å². The molecule has 0 aliphatic rings. The number of carbonyl (C=O) groups excluding carboxylic acids is 1. The van der Waals surface area contributed by atoms with Crippen LogP contribution in [0.5, 0.6) is 0 Å². The van der Waals surface area contributed by atoms with Crippen molar-refractivity contribution in [3.05, 3.63) is 46.6 Å². The molecule has 0 spiro atoms. The molecule has 1 N–H and O–H groups in total. The first-order valence-electron chi connectivity index (χ1n) is 7.74. The van der Waals surface area contributed by atoms with Gasteiger partial charge in [0.25, 0.3) is 0 Å². The average molecular weight is 421 g/mol. The van der Waals surface area contributed by atoms with E-state index < -0.39 is 0 Å². The zero-order chi connectivity index (χ0) is 17.8. The van der Waals surface area contributed by atoms with Crippen LogP contribution in [-0.4, -0.2) is 26.4 Å². The summed E-state index contributed by atoms with van der Waals surface area (Å²) < 4.78 is 7.94. The standard InChI is InChI=1S/C17H17BrN4O2S/c1-3-11-6-4-5-7-12(11)19-15(23)10-25-17-21-20-16(22(17)2)13-8-9-14(18)24-13/h4-9H,3,10H2,1-2H3,(H,19,23). The van der Waals surface area contributed by atoms with Crippen molar-refractivity contribution in [2.45, 2.75) is 18.5 Å². The summed E-state index contributed by atoms with van der Waals surface area (Å²) in [4.78, 5) is 12.2. The number of anilines is 1. The van der Waals surface area contributed by atoms with Gasteiger partial charge in [0.2, 0.25) is 5.91 Å². The fraction of sp³-hybridized carbons (Fsp3) is 0.235. The second kappa shape index (κ2) is 7.88. The number of amides is 1. The van der Waals surface area contributed by atoms with Crippen molar-refractivity contribution < 1.29 is 9.21 Å². The summed E-state index contributed by atoms with van der Waals surface area (Å²) in [6.45, 7) is 2.06. The molecule has 3 aromatic rings. The van der Waals surface area contributed by atoms with Crippen LogP contribution in [0.2, 0.25) is 0 Å². The van der Waals surface area contributed by atoms with Crippen LogP contribution in [0.25, 0.3) is 11.6 Å². The summed E-state index contributed by atoms with van der Waals surface area (Å²) in [7, 11) is 1.85. The first-order valence-corrected chi connectivity index (χ1v) is 9.52. The first-order chi connectivity index (χ1) is 12.1. The molecule has 0 saturated heterocycles. The lowest BCUT2D eigenvalue weighted by molar-refractivity contribution is -0.113. The first kappa shape index (κ1) is 17.8. The van der Waals surface area contributed by atoms with Gasteiger partial charge < -0.3 is 14.3 Å². The lowest BCUT2D eigenvalue weighted by Crippen LogP contribution is -2.15. The normalized spacial score (nSPS) is 10.8. The van der Waals surface area contributed by atoms with E-state index in [0.717, 1.165) is 17.7 Å². The van der Waals surface area contributed by atoms with Crippen LogP contribution in [0.3, 0.4) is 0 Å². The molecule has 0 aliphatic carbocycles. The Hall–Kier alpha value is -2.06. The maximum absolute atomic E-state index is 12.2. The smallest absolute Gasteiger partial charge is 0.234 e. The molecule has 3 rings (SSSR count). The maximum atomic E-state index is 12.2. The van der Waals surface area contributed by atoms with E-state index >= 15 is 0 Å². The third-order valence-electron chi connectivity index (χ3n) is 3.63. The molecule has 25 heavy (non-hydrogen) atoms. The third-order valence-corrected chi connectivity index (χ3v) is 5.08. The highest BCUT2D eigenvalue weighted by Gasteiger charge is 2.15. The molecule has 0 radical (unpaired) electrons. The lowest BCUT2D eigenvalue weighted by atomic mass is 10.1. The molecular formula is C17H17BrN4O2S. The van der Waals surface area contributed by atoms with Gasteiger partial charge in [0.15, 0.2) is 21.4 Å². The number of carbonyl (C=O) groups is 1. The number of thioether (sulfide) groups is 1. The van der Waals surface area contributed by atoms with Gasteiger partial charge in [0.1, 0.15) is 0 Å². The van der Waals surface area contributed by atoms with Crippen LogP contribution in [0.15, 0.2) is 50.6 Å². The molecule has 0 fully saturated rings. The van der Waals surface area contributed by atoms with Gasteiger partial charge in [-0.2, -0.15) is 0 Å². The predicted molar refractivity (Wildman–Crippen MR) is 102 cm³/mol. The van der Waals surface area contributed by atoms with Crippen LogP contribution < -0.4 is 5.32 Å². The van der Waals surface area contributed by atoms with Gasteiger partial charge in [-0.3, -0.25) is 4.79 Å². The molecule has 2 heterocycles. The molecule has 6 nitrogen and oxygen atoms in total. The van der Waals surface area contributed by atoms with Crippen molar-refractivity contribution in [1.29, 1.82) is 0 Å². The zero-order valence-corrected chi connectivity index (χ0v) is 16.2. The van der Waals surface area contributed by atoms with Gasteiger partial charge >= 0.3 is 0 Å². The summed E-state index contributed by atoms with van der Waals surface area (Å²) in [5.74, 6) is 1.42. The SMILES string of the molecule is CCc1ccccc1NC(=O)CSc1nnc(-c2ccc(Br)o2)n1C. The van der Waals surface area contributed by atoms with Crippen molar-refractivity contribution in [3.8, 4) is 11.6 Å². The number of nitrogens with one attached hydrogen (secondary N) is 1. The molecule has 0 saturated carbocycles. The molecule has 130 valence electrons. The zero-order valence-electron chi connectivity index (χ0n) is 13.8. The predicted octanol–water partition coefficient (Wildman–Crippen LogP) is 4.13. The fourth-order valence-electron chi connectivity index (χ4n) is 2.36. The van der Waals surface area contributed by atoms with Crippen LogP contribution in [-0.2, 0) is 18.3 Å². The number of benzene rings is 1. The molecular weight excluding hydrogens is 404 g/mol. The number of halogens is 1. The minimum atomic E-state index is -0.0730. The number of aryl methyl sites for hydroxylation is 1. The van der Waals surface area contributed by atoms with Gasteiger partial charge in [0, 0.05) is 12.7 Å². The van der Waals surface area contributed by atoms with Crippen molar-refractivity contribution >= 4 is 39.3 Å². The Morgan fingerprint density at radius 2 is 2.08 bits per heavy atom. The summed E-state index contributed by atoms with van der Waals surface area (Å²) in [6, 6.07) is 11.4. The van der Waals surface area contributed by atoms with Crippen molar-refractivity contribution in [3.63, 3.8) is 0 Å². The van der Waals surface area contributed by atoms with Crippen molar-refractivity contribution in [2.75, 3.05) is 11.1 Å². The second-order valence-electron chi connectivity index (χ2n) is 5.32. The highest BCUT2D eigenvalue weighted by Crippen LogP contribution is 2.26. The van der Waals surface area contributed by atoms with Gasteiger partial charge in [-0.15, -0.1) is 10.2 Å². The van der Waals surface area contributed by atoms with Gasteiger partial charge in [-0.25, -0.2) is 0 Å². The van der Waals surface area contributed by atoms with Crippen molar-refractivity contribution in [1.82, 2.24) is 14.8 Å².